The number of carbonyl (C=O) groups is 2. The SMILES string of the molecule is COc1cc(/C=N\NC(=O)C2CC2c2ccc(C(C)(C)C)cc2)ccc1OC(=O)c1ccc([N+](=O)[O-])cc1. The Morgan fingerprint density at radius 1 is 1.03 bits per heavy atom. The summed E-state index contributed by atoms with van der Waals surface area (Å²) in [6, 6.07) is 18.4. The molecule has 9 heteroatoms. The van der Waals surface area contributed by atoms with E-state index < -0.39 is 10.9 Å². The molecule has 38 heavy (non-hydrogen) atoms. The van der Waals surface area contributed by atoms with Crippen molar-refractivity contribution in [2.24, 2.45) is 11.0 Å². The van der Waals surface area contributed by atoms with Crippen LogP contribution in [0.4, 0.5) is 5.69 Å². The normalized spacial score (nSPS) is 16.6. The number of hydrogen-bond donors (Lipinski definition) is 1. The molecule has 0 aliphatic heterocycles. The molecule has 0 bridgehead atoms. The van der Waals surface area contributed by atoms with Gasteiger partial charge in [0.1, 0.15) is 0 Å². The lowest BCUT2D eigenvalue weighted by Gasteiger charge is -2.19. The molecule has 3 aromatic rings. The smallest absolute Gasteiger partial charge is 0.343 e. The molecule has 0 aromatic heterocycles. The van der Waals surface area contributed by atoms with E-state index in [0.29, 0.717) is 5.56 Å². The van der Waals surface area contributed by atoms with Gasteiger partial charge in [0.15, 0.2) is 11.5 Å². The van der Waals surface area contributed by atoms with Gasteiger partial charge in [0.25, 0.3) is 5.69 Å². The van der Waals surface area contributed by atoms with E-state index in [1.54, 1.807) is 18.2 Å². The number of methoxy groups -OCH3 is 1. The zero-order valence-corrected chi connectivity index (χ0v) is 21.6. The fourth-order valence-electron chi connectivity index (χ4n) is 4.06. The first-order chi connectivity index (χ1) is 18.1. The van der Waals surface area contributed by atoms with Gasteiger partial charge in [0, 0.05) is 18.1 Å². The van der Waals surface area contributed by atoms with Crippen LogP contribution in [-0.4, -0.2) is 30.1 Å². The maximum Gasteiger partial charge on any atom is 0.343 e. The van der Waals surface area contributed by atoms with Gasteiger partial charge < -0.3 is 9.47 Å². The van der Waals surface area contributed by atoms with Crippen molar-refractivity contribution >= 4 is 23.8 Å². The van der Waals surface area contributed by atoms with Crippen molar-refractivity contribution < 1.29 is 24.0 Å². The van der Waals surface area contributed by atoms with Gasteiger partial charge in [-0.2, -0.15) is 5.10 Å². The second-order valence-corrected chi connectivity index (χ2v) is 10.2. The van der Waals surface area contributed by atoms with Crippen LogP contribution in [-0.2, 0) is 10.2 Å². The van der Waals surface area contributed by atoms with E-state index in [4.69, 9.17) is 9.47 Å². The third-order valence-electron chi connectivity index (χ3n) is 6.42. The van der Waals surface area contributed by atoms with Gasteiger partial charge in [-0.05, 0) is 64.8 Å². The van der Waals surface area contributed by atoms with Crippen molar-refractivity contribution in [3.8, 4) is 11.5 Å². The quantitative estimate of drug-likeness (QED) is 0.142. The highest BCUT2D eigenvalue weighted by molar-refractivity contribution is 5.92. The number of nitrogens with one attached hydrogen (secondary N) is 1. The Bertz CT molecular complexity index is 1370. The molecule has 1 aliphatic rings. The van der Waals surface area contributed by atoms with Crippen LogP contribution in [0.25, 0.3) is 0 Å². The minimum absolute atomic E-state index is 0.0866. The van der Waals surface area contributed by atoms with E-state index in [2.05, 4.69) is 55.6 Å². The van der Waals surface area contributed by atoms with Crippen LogP contribution in [0, 0.1) is 16.0 Å². The molecule has 9 nitrogen and oxygen atoms in total. The van der Waals surface area contributed by atoms with Crippen molar-refractivity contribution in [3.05, 3.63) is 99.1 Å². The molecule has 1 aliphatic carbocycles. The second kappa shape index (κ2) is 10.8. The first kappa shape index (κ1) is 26.5. The Morgan fingerprint density at radius 3 is 2.32 bits per heavy atom. The Hall–Kier alpha value is -4.53. The van der Waals surface area contributed by atoms with E-state index in [1.165, 1.54) is 43.2 Å². The Morgan fingerprint density at radius 2 is 1.71 bits per heavy atom. The number of hydrazone groups is 1. The average molecular weight is 516 g/mol. The lowest BCUT2D eigenvalue weighted by Crippen LogP contribution is -2.20. The van der Waals surface area contributed by atoms with E-state index in [1.807, 2.05) is 0 Å². The molecule has 4 rings (SSSR count). The number of esters is 1. The lowest BCUT2D eigenvalue weighted by molar-refractivity contribution is -0.384. The topological polar surface area (TPSA) is 120 Å². The highest BCUT2D eigenvalue weighted by Gasteiger charge is 2.44. The first-order valence-corrected chi connectivity index (χ1v) is 12.1. The lowest BCUT2D eigenvalue weighted by atomic mass is 9.86. The Balaban J connectivity index is 1.33. The number of nitro benzene ring substituents is 1. The maximum absolute atomic E-state index is 12.6. The molecule has 196 valence electrons. The number of non-ortho nitro benzene ring substituents is 1. The number of amides is 1. The van der Waals surface area contributed by atoms with E-state index in [-0.39, 0.29) is 45.9 Å². The molecular weight excluding hydrogens is 486 g/mol. The van der Waals surface area contributed by atoms with Crippen LogP contribution in [0.5, 0.6) is 11.5 Å². The fraction of sp³-hybridized carbons (Fsp3) is 0.276. The number of benzene rings is 3. The molecule has 0 spiro atoms. The molecule has 1 amide bonds. The van der Waals surface area contributed by atoms with Crippen LogP contribution in [0.3, 0.4) is 0 Å². The van der Waals surface area contributed by atoms with Crippen LogP contribution < -0.4 is 14.9 Å². The summed E-state index contributed by atoms with van der Waals surface area (Å²) in [6.07, 6.45) is 2.27. The van der Waals surface area contributed by atoms with Crippen LogP contribution >= 0.6 is 0 Å². The van der Waals surface area contributed by atoms with Gasteiger partial charge in [0.2, 0.25) is 5.91 Å². The molecule has 1 fully saturated rings. The van der Waals surface area contributed by atoms with Crippen molar-refractivity contribution in [1.29, 1.82) is 0 Å². The summed E-state index contributed by atoms with van der Waals surface area (Å²) in [6.45, 7) is 6.51. The summed E-state index contributed by atoms with van der Waals surface area (Å²) in [5, 5.41) is 14.9. The number of rotatable bonds is 8. The van der Waals surface area contributed by atoms with Crippen LogP contribution in [0.2, 0.25) is 0 Å². The van der Waals surface area contributed by atoms with Gasteiger partial charge in [-0.1, -0.05) is 45.0 Å². The number of hydrogen-bond acceptors (Lipinski definition) is 7. The summed E-state index contributed by atoms with van der Waals surface area (Å²) in [5.74, 6) is -0.259. The fourth-order valence-corrected chi connectivity index (χ4v) is 4.06. The number of nitrogens with zero attached hydrogens (tertiary/aromatic N) is 2. The van der Waals surface area contributed by atoms with Crippen molar-refractivity contribution in [3.63, 3.8) is 0 Å². The molecule has 3 aromatic carbocycles. The van der Waals surface area contributed by atoms with Gasteiger partial charge in [0.05, 0.1) is 23.8 Å². The highest BCUT2D eigenvalue weighted by atomic mass is 16.6. The number of ether oxygens (including phenoxy) is 2. The standard InChI is InChI=1S/C29H29N3O6/c1-29(2,3)21-10-6-19(7-11-21)23-16-24(23)27(33)31-30-17-18-5-14-25(26(15-18)37-4)38-28(34)20-8-12-22(13-9-20)32(35)36/h5-15,17,23-24H,16H2,1-4H3,(H,31,33)/b30-17-. The molecule has 2 unspecified atom stereocenters. The summed E-state index contributed by atoms with van der Waals surface area (Å²) >= 11 is 0. The molecular formula is C29H29N3O6. The van der Waals surface area contributed by atoms with Gasteiger partial charge >= 0.3 is 5.97 Å². The molecule has 1 N–H and O–H groups in total. The largest absolute Gasteiger partial charge is 0.493 e. The molecule has 0 saturated heterocycles. The Labute approximate surface area is 220 Å². The van der Waals surface area contributed by atoms with Gasteiger partial charge in [-0.15, -0.1) is 0 Å². The average Bonchev–Trinajstić information content (AvgIpc) is 3.70. The van der Waals surface area contributed by atoms with Crippen LogP contribution in [0.1, 0.15) is 60.2 Å². The third-order valence-corrected chi connectivity index (χ3v) is 6.42. The second-order valence-electron chi connectivity index (χ2n) is 10.2. The van der Waals surface area contributed by atoms with Crippen LogP contribution in [0.15, 0.2) is 71.8 Å². The van der Waals surface area contributed by atoms with Gasteiger partial charge in [-0.3, -0.25) is 14.9 Å². The first-order valence-electron chi connectivity index (χ1n) is 12.1. The minimum Gasteiger partial charge on any atom is -0.493 e. The van der Waals surface area contributed by atoms with Crippen molar-refractivity contribution in [2.75, 3.05) is 7.11 Å². The summed E-state index contributed by atoms with van der Waals surface area (Å²) in [5.41, 5.74) is 5.77. The Kier molecular flexibility index (Phi) is 7.57. The molecule has 0 heterocycles. The molecule has 1 saturated carbocycles. The monoisotopic (exact) mass is 515 g/mol. The predicted molar refractivity (Wildman–Crippen MR) is 143 cm³/mol. The molecule has 0 radical (unpaired) electrons. The minimum atomic E-state index is -0.682. The summed E-state index contributed by atoms with van der Waals surface area (Å²) < 4.78 is 10.7. The maximum atomic E-state index is 12.6. The summed E-state index contributed by atoms with van der Waals surface area (Å²) in [4.78, 5) is 35.2. The zero-order chi connectivity index (χ0) is 27.4. The third kappa shape index (κ3) is 6.23. The molecule has 2 atom stereocenters. The number of carbonyl (C=O) groups excluding carboxylic acids is 2. The van der Waals surface area contributed by atoms with E-state index >= 15 is 0 Å². The van der Waals surface area contributed by atoms with Gasteiger partial charge in [-0.25, -0.2) is 10.2 Å². The van der Waals surface area contributed by atoms with Crippen molar-refractivity contribution in [1.82, 2.24) is 5.43 Å². The van der Waals surface area contributed by atoms with E-state index in [9.17, 15) is 19.7 Å². The zero-order valence-electron chi connectivity index (χ0n) is 21.6. The number of nitro groups is 1. The highest BCUT2D eigenvalue weighted by Crippen LogP contribution is 2.47. The summed E-state index contributed by atoms with van der Waals surface area (Å²) in [7, 11) is 1.43. The van der Waals surface area contributed by atoms with Crippen molar-refractivity contribution in [2.45, 2.75) is 38.5 Å². The van der Waals surface area contributed by atoms with E-state index in [0.717, 1.165) is 12.0 Å². The predicted octanol–water partition coefficient (Wildman–Crippen LogP) is 5.37.